The largest absolute Gasteiger partial charge is 0.416 e. The zero-order valence-electron chi connectivity index (χ0n) is 17.8. The summed E-state index contributed by atoms with van der Waals surface area (Å²) in [6, 6.07) is 0.221. The second kappa shape index (κ2) is 8.33. The lowest BCUT2D eigenvalue weighted by molar-refractivity contribution is -0.137. The molecule has 0 N–H and O–H groups in total. The number of nitrogens with zero attached hydrogens (tertiary/aromatic N) is 3. The highest BCUT2D eigenvalue weighted by Crippen LogP contribution is 2.44. The quantitative estimate of drug-likeness (QED) is 0.551. The molecule has 4 rings (SSSR count). The van der Waals surface area contributed by atoms with E-state index in [0.29, 0.717) is 12.8 Å². The van der Waals surface area contributed by atoms with Crippen LogP contribution in [-0.2, 0) is 21.8 Å². The topological polar surface area (TPSA) is 53.5 Å². The van der Waals surface area contributed by atoms with Crippen molar-refractivity contribution in [3.63, 3.8) is 0 Å². The Hall–Kier alpha value is -2.01. The standard InChI is InChI=1S/C21H21ClF5N3O2S/c1-11-7-12(21(25,26)27)8-16(28-11)29-10-33(32)9-15(29)19(31)30(13-3-4-13)14-5-6-20(2,24)18(22)17(14)23/h5,7-8,13,15H,3-4,6,9-10H2,1-2H3/t15-,20?,33?/m1/s1. The van der Waals surface area contributed by atoms with Gasteiger partial charge in [-0.25, -0.2) is 13.8 Å². The van der Waals surface area contributed by atoms with Crippen LogP contribution >= 0.6 is 11.6 Å². The number of amides is 1. The van der Waals surface area contributed by atoms with Crippen molar-refractivity contribution >= 4 is 34.1 Å². The fourth-order valence-corrected chi connectivity index (χ4v) is 5.53. The third-order valence-electron chi connectivity index (χ3n) is 5.81. The highest BCUT2D eigenvalue weighted by atomic mass is 35.5. The molecule has 2 unspecified atom stereocenters. The second-order valence-corrected chi connectivity index (χ2v) is 10.5. The molecule has 2 heterocycles. The van der Waals surface area contributed by atoms with Crippen LogP contribution in [0, 0.1) is 6.92 Å². The molecule has 180 valence electrons. The van der Waals surface area contributed by atoms with Crippen molar-refractivity contribution < 1.29 is 31.0 Å². The maximum Gasteiger partial charge on any atom is 0.416 e. The van der Waals surface area contributed by atoms with E-state index in [0.717, 1.165) is 19.1 Å². The number of hydrogen-bond acceptors (Lipinski definition) is 4. The molecular formula is C21H21ClF5N3O2S. The van der Waals surface area contributed by atoms with E-state index in [1.165, 1.54) is 22.8 Å². The first-order valence-corrected chi connectivity index (χ1v) is 12.1. The minimum atomic E-state index is -4.63. The van der Waals surface area contributed by atoms with Gasteiger partial charge in [0.2, 0.25) is 0 Å². The smallest absolute Gasteiger partial charge is 0.332 e. The normalized spacial score (nSPS) is 28.2. The zero-order chi connectivity index (χ0) is 24.3. The lowest BCUT2D eigenvalue weighted by Crippen LogP contribution is -2.48. The van der Waals surface area contributed by atoms with E-state index in [4.69, 9.17) is 11.6 Å². The van der Waals surface area contributed by atoms with E-state index in [1.807, 2.05) is 0 Å². The third-order valence-corrected chi connectivity index (χ3v) is 7.63. The molecule has 3 atom stereocenters. The Kier molecular flexibility index (Phi) is 6.09. The van der Waals surface area contributed by atoms with Gasteiger partial charge in [0.05, 0.1) is 27.9 Å². The first-order chi connectivity index (χ1) is 15.3. The van der Waals surface area contributed by atoms with Crippen molar-refractivity contribution in [1.82, 2.24) is 9.88 Å². The molecule has 0 spiro atoms. The number of hydrogen-bond donors (Lipinski definition) is 0. The monoisotopic (exact) mass is 509 g/mol. The van der Waals surface area contributed by atoms with Gasteiger partial charge in [0.25, 0.3) is 5.91 Å². The molecule has 12 heteroatoms. The van der Waals surface area contributed by atoms with Crippen molar-refractivity contribution in [2.45, 2.75) is 57.0 Å². The van der Waals surface area contributed by atoms with Crippen molar-refractivity contribution in [1.29, 1.82) is 0 Å². The van der Waals surface area contributed by atoms with Gasteiger partial charge < -0.3 is 9.80 Å². The number of anilines is 1. The van der Waals surface area contributed by atoms with Crippen molar-refractivity contribution in [2.75, 3.05) is 16.5 Å². The zero-order valence-corrected chi connectivity index (χ0v) is 19.3. The number of allylic oxidation sites excluding steroid dienone is 3. The number of alkyl halides is 4. The van der Waals surface area contributed by atoms with Crippen molar-refractivity contribution in [3.8, 4) is 0 Å². The lowest BCUT2D eigenvalue weighted by atomic mass is 9.96. The summed E-state index contributed by atoms with van der Waals surface area (Å²) >= 11 is 5.89. The minimum absolute atomic E-state index is 0.0840. The summed E-state index contributed by atoms with van der Waals surface area (Å²) in [6.07, 6.45) is -2.44. The average molecular weight is 510 g/mol. The predicted octanol–water partition coefficient (Wildman–Crippen LogP) is 4.73. The highest BCUT2D eigenvalue weighted by molar-refractivity contribution is 7.85. The van der Waals surface area contributed by atoms with Gasteiger partial charge in [-0.2, -0.15) is 13.2 Å². The van der Waals surface area contributed by atoms with Gasteiger partial charge >= 0.3 is 6.18 Å². The molecule has 0 aromatic carbocycles. The summed E-state index contributed by atoms with van der Waals surface area (Å²) in [6.45, 7) is 2.52. The summed E-state index contributed by atoms with van der Waals surface area (Å²) in [7, 11) is -1.54. The Morgan fingerprint density at radius 2 is 2.00 bits per heavy atom. The van der Waals surface area contributed by atoms with Crippen LogP contribution in [0.1, 0.15) is 37.4 Å². The number of carbonyl (C=O) groups is 1. The van der Waals surface area contributed by atoms with Crippen LogP contribution in [0.15, 0.2) is 34.8 Å². The summed E-state index contributed by atoms with van der Waals surface area (Å²) in [5.41, 5.74) is -3.12. The molecule has 1 aromatic rings. The van der Waals surface area contributed by atoms with Crippen LogP contribution in [0.3, 0.4) is 0 Å². The third kappa shape index (κ3) is 4.66. The predicted molar refractivity (Wildman–Crippen MR) is 114 cm³/mol. The Morgan fingerprint density at radius 1 is 1.33 bits per heavy atom. The van der Waals surface area contributed by atoms with Crippen LogP contribution in [0.2, 0.25) is 0 Å². The lowest BCUT2D eigenvalue weighted by Gasteiger charge is -2.34. The number of rotatable bonds is 4. The molecule has 1 aromatic heterocycles. The number of halogens is 6. The van der Waals surface area contributed by atoms with Gasteiger partial charge in [-0.05, 0) is 38.8 Å². The second-order valence-electron chi connectivity index (χ2n) is 8.63. The molecule has 0 radical (unpaired) electrons. The fraction of sp³-hybridized carbons (Fsp3) is 0.524. The fourth-order valence-electron chi connectivity index (χ4n) is 3.96. The average Bonchev–Trinajstić information content (AvgIpc) is 3.47. The molecule has 1 aliphatic heterocycles. The van der Waals surface area contributed by atoms with Crippen LogP contribution in [0.5, 0.6) is 0 Å². The number of pyridine rings is 1. The Balaban J connectivity index is 1.70. The van der Waals surface area contributed by atoms with E-state index in [9.17, 15) is 31.0 Å². The van der Waals surface area contributed by atoms with Crippen LogP contribution in [0.25, 0.3) is 0 Å². The van der Waals surface area contributed by atoms with Crippen LogP contribution < -0.4 is 4.90 Å². The van der Waals surface area contributed by atoms with Gasteiger partial charge in [-0.15, -0.1) is 0 Å². The summed E-state index contributed by atoms with van der Waals surface area (Å²) in [5.74, 6) is -2.15. The maximum atomic E-state index is 15.0. The minimum Gasteiger partial charge on any atom is -0.332 e. The molecule has 33 heavy (non-hydrogen) atoms. The molecule has 2 aliphatic carbocycles. The molecule has 1 saturated heterocycles. The summed E-state index contributed by atoms with van der Waals surface area (Å²) in [5, 5.41) is -0.638. The number of carbonyl (C=O) groups excluding carboxylic acids is 1. The highest BCUT2D eigenvalue weighted by Gasteiger charge is 2.47. The molecule has 2 fully saturated rings. The van der Waals surface area contributed by atoms with Gasteiger partial charge in [-0.1, -0.05) is 17.7 Å². The van der Waals surface area contributed by atoms with E-state index >= 15 is 0 Å². The first kappa shape index (κ1) is 24.1. The van der Waals surface area contributed by atoms with E-state index in [2.05, 4.69) is 4.98 Å². The van der Waals surface area contributed by atoms with Crippen molar-refractivity contribution in [2.24, 2.45) is 0 Å². The summed E-state index contributed by atoms with van der Waals surface area (Å²) < 4.78 is 81.8. The first-order valence-electron chi connectivity index (χ1n) is 10.3. The summed E-state index contributed by atoms with van der Waals surface area (Å²) in [4.78, 5) is 20.1. The molecular weight excluding hydrogens is 489 g/mol. The molecule has 0 bridgehead atoms. The molecule has 3 aliphatic rings. The Labute approximate surface area is 194 Å². The maximum absolute atomic E-state index is 15.0. The van der Waals surface area contributed by atoms with Gasteiger partial charge in [-0.3, -0.25) is 9.00 Å². The van der Waals surface area contributed by atoms with Gasteiger partial charge in [0, 0.05) is 29.0 Å². The SMILES string of the molecule is Cc1cc(C(F)(F)F)cc(N2CS(=O)C[C@@H]2C(=O)N(C2=CCC(C)(F)C(Cl)=C2F)C2CC2)n1. The number of aryl methyl sites for hydroxylation is 1. The number of aromatic nitrogens is 1. The van der Waals surface area contributed by atoms with Gasteiger partial charge in [0.15, 0.2) is 5.83 Å². The van der Waals surface area contributed by atoms with Crippen LogP contribution in [0.4, 0.5) is 27.8 Å². The van der Waals surface area contributed by atoms with E-state index < -0.39 is 51.0 Å². The Bertz CT molecular complexity index is 1080. The molecule has 5 nitrogen and oxygen atoms in total. The molecule has 1 saturated carbocycles. The van der Waals surface area contributed by atoms with Gasteiger partial charge in [0.1, 0.15) is 17.5 Å². The van der Waals surface area contributed by atoms with E-state index in [1.54, 1.807) is 0 Å². The Morgan fingerprint density at radius 3 is 2.61 bits per heavy atom. The molecule has 1 amide bonds. The van der Waals surface area contributed by atoms with Crippen molar-refractivity contribution in [3.05, 3.63) is 46.0 Å². The van der Waals surface area contributed by atoms with Crippen LogP contribution in [-0.4, -0.2) is 49.4 Å². The van der Waals surface area contributed by atoms with E-state index in [-0.39, 0.29) is 41.3 Å².